The molecular formula is C12H14ClN3O3S. The highest BCUT2D eigenvalue weighted by atomic mass is 35.5. The Hall–Kier alpha value is -1.60. The molecule has 1 N–H and O–H groups in total. The lowest BCUT2D eigenvalue weighted by Gasteiger charge is -2.12. The summed E-state index contributed by atoms with van der Waals surface area (Å²) >= 11 is 5.68. The van der Waals surface area contributed by atoms with E-state index in [-0.39, 0.29) is 21.3 Å². The van der Waals surface area contributed by atoms with E-state index in [0.717, 1.165) is 0 Å². The number of nitrogens with zero attached hydrogens (tertiary/aromatic N) is 2. The summed E-state index contributed by atoms with van der Waals surface area (Å²) in [5.74, 6) is 0.0582. The molecular weight excluding hydrogens is 302 g/mol. The Balaban J connectivity index is 2.27. The fourth-order valence-corrected chi connectivity index (χ4v) is 2.64. The Labute approximate surface area is 122 Å². The van der Waals surface area contributed by atoms with Gasteiger partial charge in [0.2, 0.25) is 5.88 Å². The highest BCUT2D eigenvalue weighted by Gasteiger charge is 2.22. The summed E-state index contributed by atoms with van der Waals surface area (Å²) in [5.41, 5.74) is 0.427. The molecule has 2 aromatic rings. The molecule has 0 spiro atoms. The second kappa shape index (κ2) is 5.06. The van der Waals surface area contributed by atoms with Crippen LogP contribution in [0.5, 0.6) is 0 Å². The summed E-state index contributed by atoms with van der Waals surface area (Å²) in [6, 6.07) is 4.15. The summed E-state index contributed by atoms with van der Waals surface area (Å²) in [7, 11) is -3.78. The molecule has 0 fully saturated rings. The number of anilines is 1. The molecule has 20 heavy (non-hydrogen) atoms. The number of rotatable bonds is 3. The van der Waals surface area contributed by atoms with Crippen LogP contribution in [0.2, 0.25) is 5.15 Å². The monoisotopic (exact) mass is 315 g/mol. The zero-order valence-electron chi connectivity index (χ0n) is 11.2. The molecule has 0 aliphatic heterocycles. The highest BCUT2D eigenvalue weighted by molar-refractivity contribution is 7.92. The molecule has 2 rings (SSSR count). The van der Waals surface area contributed by atoms with Crippen LogP contribution in [0.25, 0.3) is 0 Å². The van der Waals surface area contributed by atoms with Gasteiger partial charge < -0.3 is 4.52 Å². The van der Waals surface area contributed by atoms with Gasteiger partial charge >= 0.3 is 0 Å². The van der Waals surface area contributed by atoms with Gasteiger partial charge in [-0.1, -0.05) is 37.5 Å². The van der Waals surface area contributed by atoms with E-state index in [1.165, 1.54) is 18.3 Å². The third kappa shape index (κ3) is 3.29. The highest BCUT2D eigenvalue weighted by Crippen LogP contribution is 2.25. The number of hydrogen-bond donors (Lipinski definition) is 1. The van der Waals surface area contributed by atoms with Crippen LogP contribution < -0.4 is 4.72 Å². The van der Waals surface area contributed by atoms with Crippen molar-refractivity contribution in [3.05, 3.63) is 35.2 Å². The summed E-state index contributed by atoms with van der Waals surface area (Å²) in [6.07, 6.45) is 1.32. The standard InChI is InChI=1S/C12H14ClN3O3S/c1-12(2,3)9-7-11(19-15-9)16-20(17,18)8-4-5-14-10(13)6-8/h4-7,16H,1-3H3. The van der Waals surface area contributed by atoms with Crippen molar-refractivity contribution in [3.63, 3.8) is 0 Å². The smallest absolute Gasteiger partial charge is 0.264 e. The quantitative estimate of drug-likeness (QED) is 0.880. The van der Waals surface area contributed by atoms with E-state index in [1.54, 1.807) is 6.07 Å². The Morgan fingerprint density at radius 3 is 2.55 bits per heavy atom. The molecule has 0 aromatic carbocycles. The SMILES string of the molecule is CC(C)(C)c1cc(NS(=O)(=O)c2ccnc(Cl)c2)on1. The van der Waals surface area contributed by atoms with Crippen LogP contribution in [-0.4, -0.2) is 18.6 Å². The van der Waals surface area contributed by atoms with Crippen LogP contribution >= 0.6 is 11.6 Å². The Bertz CT molecular complexity index is 720. The summed E-state index contributed by atoms with van der Waals surface area (Å²) in [4.78, 5) is 3.74. The first-order valence-electron chi connectivity index (χ1n) is 5.80. The lowest BCUT2D eigenvalue weighted by Crippen LogP contribution is -2.13. The second-order valence-corrected chi connectivity index (χ2v) is 7.32. The van der Waals surface area contributed by atoms with Crippen molar-refractivity contribution in [2.24, 2.45) is 0 Å². The Kier molecular flexibility index (Phi) is 3.75. The molecule has 6 nitrogen and oxygen atoms in total. The molecule has 0 bridgehead atoms. The number of hydrogen-bond acceptors (Lipinski definition) is 5. The van der Waals surface area contributed by atoms with Crippen molar-refractivity contribution in [1.29, 1.82) is 0 Å². The average Bonchev–Trinajstić information content (AvgIpc) is 2.76. The van der Waals surface area contributed by atoms with Crippen molar-refractivity contribution in [3.8, 4) is 0 Å². The zero-order chi connectivity index (χ0) is 15.0. The molecule has 0 radical (unpaired) electrons. The molecule has 0 saturated carbocycles. The topological polar surface area (TPSA) is 85.1 Å². The lowest BCUT2D eigenvalue weighted by molar-refractivity contribution is 0.405. The lowest BCUT2D eigenvalue weighted by atomic mass is 9.92. The minimum Gasteiger partial charge on any atom is -0.338 e. The molecule has 0 unspecified atom stereocenters. The minimum absolute atomic E-state index is 0.00575. The van der Waals surface area contributed by atoms with Gasteiger partial charge in [-0.05, 0) is 12.1 Å². The van der Waals surface area contributed by atoms with Crippen LogP contribution in [0.15, 0.2) is 33.8 Å². The Morgan fingerprint density at radius 1 is 1.30 bits per heavy atom. The van der Waals surface area contributed by atoms with E-state index in [4.69, 9.17) is 16.1 Å². The van der Waals surface area contributed by atoms with Gasteiger partial charge in [0.1, 0.15) is 5.15 Å². The maximum Gasteiger partial charge on any atom is 0.264 e. The first-order valence-corrected chi connectivity index (χ1v) is 7.66. The van der Waals surface area contributed by atoms with E-state index in [9.17, 15) is 8.42 Å². The van der Waals surface area contributed by atoms with Crippen LogP contribution in [0.1, 0.15) is 26.5 Å². The average molecular weight is 316 g/mol. The minimum atomic E-state index is -3.78. The van der Waals surface area contributed by atoms with Crippen molar-refractivity contribution >= 4 is 27.5 Å². The van der Waals surface area contributed by atoms with E-state index in [2.05, 4.69) is 14.9 Å². The number of sulfonamides is 1. The largest absolute Gasteiger partial charge is 0.338 e. The molecule has 108 valence electrons. The first kappa shape index (κ1) is 14.8. The van der Waals surface area contributed by atoms with Crippen molar-refractivity contribution in [2.75, 3.05) is 4.72 Å². The third-order valence-electron chi connectivity index (χ3n) is 2.52. The van der Waals surface area contributed by atoms with Gasteiger partial charge in [-0.25, -0.2) is 18.1 Å². The van der Waals surface area contributed by atoms with E-state index in [0.29, 0.717) is 5.69 Å². The number of halogens is 1. The van der Waals surface area contributed by atoms with Gasteiger partial charge in [-0.3, -0.25) is 0 Å². The molecule has 0 aliphatic carbocycles. The molecule has 8 heteroatoms. The van der Waals surface area contributed by atoms with Gasteiger partial charge in [0.05, 0.1) is 10.6 Å². The van der Waals surface area contributed by atoms with E-state index >= 15 is 0 Å². The van der Waals surface area contributed by atoms with Crippen LogP contribution in [0.3, 0.4) is 0 Å². The third-order valence-corrected chi connectivity index (χ3v) is 4.07. The number of aromatic nitrogens is 2. The van der Waals surface area contributed by atoms with Gasteiger partial charge in [0, 0.05) is 17.7 Å². The van der Waals surface area contributed by atoms with Crippen molar-refractivity contribution in [2.45, 2.75) is 31.1 Å². The maximum atomic E-state index is 12.1. The normalized spacial score (nSPS) is 12.4. The molecule has 0 aliphatic rings. The molecule has 2 aromatic heterocycles. The van der Waals surface area contributed by atoms with Gasteiger partial charge in [0.25, 0.3) is 10.0 Å². The first-order chi connectivity index (χ1) is 9.18. The molecule has 0 amide bonds. The summed E-state index contributed by atoms with van der Waals surface area (Å²) in [5, 5.41) is 3.94. The number of pyridine rings is 1. The maximum absolute atomic E-state index is 12.1. The van der Waals surface area contributed by atoms with Crippen molar-refractivity contribution in [1.82, 2.24) is 10.1 Å². The van der Waals surface area contributed by atoms with Crippen molar-refractivity contribution < 1.29 is 12.9 Å². The van der Waals surface area contributed by atoms with Gasteiger partial charge in [-0.15, -0.1) is 0 Å². The second-order valence-electron chi connectivity index (χ2n) is 5.25. The fourth-order valence-electron chi connectivity index (χ4n) is 1.42. The van der Waals surface area contributed by atoms with Gasteiger partial charge in [0.15, 0.2) is 0 Å². The Morgan fingerprint density at radius 2 is 2.00 bits per heavy atom. The predicted molar refractivity (Wildman–Crippen MR) is 75.3 cm³/mol. The number of nitrogens with one attached hydrogen (secondary N) is 1. The fraction of sp³-hybridized carbons (Fsp3) is 0.333. The van der Waals surface area contributed by atoms with Crippen LogP contribution in [0.4, 0.5) is 5.88 Å². The van der Waals surface area contributed by atoms with E-state index in [1.807, 2.05) is 20.8 Å². The predicted octanol–water partition coefficient (Wildman–Crippen LogP) is 2.82. The molecule has 2 heterocycles. The zero-order valence-corrected chi connectivity index (χ0v) is 12.8. The van der Waals surface area contributed by atoms with Crippen LogP contribution in [0, 0.1) is 0 Å². The molecule has 0 saturated heterocycles. The molecule has 0 atom stereocenters. The van der Waals surface area contributed by atoms with Crippen LogP contribution in [-0.2, 0) is 15.4 Å². The summed E-state index contributed by atoms with van der Waals surface area (Å²) < 4.78 is 31.6. The van der Waals surface area contributed by atoms with E-state index < -0.39 is 10.0 Å². The van der Waals surface area contributed by atoms with Gasteiger partial charge in [-0.2, -0.15) is 0 Å². The summed E-state index contributed by atoms with van der Waals surface area (Å²) in [6.45, 7) is 5.85.